The standard InChI is InChI=1S/C19H14Br2ClNO4S/c1-2-27-13-7-11(15(20)16(21)17(13)24)8-14-18(25)23(19(26)28-14)9-10-3-5-12(22)6-4-10/h3-8,24H,2,9H2,1H3/b14-8+. The summed E-state index contributed by atoms with van der Waals surface area (Å²) in [6.07, 6.45) is 1.60. The van der Waals surface area contributed by atoms with Crippen molar-refractivity contribution in [2.45, 2.75) is 13.5 Å². The van der Waals surface area contributed by atoms with Crippen molar-refractivity contribution < 1.29 is 19.4 Å². The van der Waals surface area contributed by atoms with Crippen LogP contribution in [0.4, 0.5) is 4.79 Å². The molecule has 1 aliphatic rings. The third kappa shape index (κ3) is 4.40. The molecule has 1 aliphatic heterocycles. The van der Waals surface area contributed by atoms with Crippen LogP contribution in [0.15, 0.2) is 44.2 Å². The van der Waals surface area contributed by atoms with Gasteiger partial charge in [-0.15, -0.1) is 0 Å². The van der Waals surface area contributed by atoms with Gasteiger partial charge < -0.3 is 9.84 Å². The number of hydrogen-bond acceptors (Lipinski definition) is 5. The van der Waals surface area contributed by atoms with Gasteiger partial charge in [0.25, 0.3) is 11.1 Å². The van der Waals surface area contributed by atoms with E-state index in [1.165, 1.54) is 4.90 Å². The van der Waals surface area contributed by atoms with Crippen LogP contribution in [0.3, 0.4) is 0 Å². The molecule has 9 heteroatoms. The van der Waals surface area contributed by atoms with Crippen LogP contribution in [0.25, 0.3) is 6.08 Å². The number of phenolic OH excluding ortho intramolecular Hbond substituents is 1. The lowest BCUT2D eigenvalue weighted by molar-refractivity contribution is -0.123. The minimum absolute atomic E-state index is 0.0401. The zero-order chi connectivity index (χ0) is 20.4. The van der Waals surface area contributed by atoms with Gasteiger partial charge in [0, 0.05) is 9.50 Å². The highest BCUT2D eigenvalue weighted by molar-refractivity contribution is 9.13. The number of halogens is 3. The van der Waals surface area contributed by atoms with Gasteiger partial charge >= 0.3 is 0 Å². The molecule has 0 spiro atoms. The highest BCUT2D eigenvalue weighted by Gasteiger charge is 2.35. The van der Waals surface area contributed by atoms with Crippen LogP contribution >= 0.6 is 55.2 Å². The number of carbonyl (C=O) groups excluding carboxylic acids is 2. The predicted octanol–water partition coefficient (Wildman–Crippen LogP) is 6.21. The van der Waals surface area contributed by atoms with Crippen LogP contribution < -0.4 is 4.74 Å². The molecule has 1 heterocycles. The fourth-order valence-electron chi connectivity index (χ4n) is 2.53. The normalized spacial score (nSPS) is 15.6. The molecule has 0 aromatic heterocycles. The summed E-state index contributed by atoms with van der Waals surface area (Å²) in [5.41, 5.74) is 1.41. The second kappa shape index (κ2) is 8.90. The van der Waals surface area contributed by atoms with Gasteiger partial charge in [0.2, 0.25) is 0 Å². The highest BCUT2D eigenvalue weighted by Crippen LogP contribution is 2.44. The van der Waals surface area contributed by atoms with E-state index in [9.17, 15) is 14.7 Å². The largest absolute Gasteiger partial charge is 0.503 e. The molecular weight excluding hydrogens is 534 g/mol. The monoisotopic (exact) mass is 545 g/mol. The Bertz CT molecular complexity index is 979. The van der Waals surface area contributed by atoms with Crippen molar-refractivity contribution in [3.05, 3.63) is 60.3 Å². The number of nitrogens with zero attached hydrogens (tertiary/aromatic N) is 1. The first kappa shape index (κ1) is 21.2. The van der Waals surface area contributed by atoms with E-state index in [1.54, 1.807) is 43.3 Å². The molecule has 146 valence electrons. The Morgan fingerprint density at radius 2 is 1.89 bits per heavy atom. The molecule has 1 saturated heterocycles. The molecule has 0 saturated carbocycles. The summed E-state index contributed by atoms with van der Waals surface area (Å²) in [5, 5.41) is 10.4. The average molecular weight is 548 g/mol. The summed E-state index contributed by atoms with van der Waals surface area (Å²) in [6, 6.07) is 8.59. The first-order valence-electron chi connectivity index (χ1n) is 8.15. The predicted molar refractivity (Wildman–Crippen MR) is 118 cm³/mol. The average Bonchev–Trinajstić information content (AvgIpc) is 2.93. The van der Waals surface area contributed by atoms with E-state index < -0.39 is 0 Å². The van der Waals surface area contributed by atoms with Crippen molar-refractivity contribution in [1.29, 1.82) is 0 Å². The molecule has 2 aromatic rings. The first-order chi connectivity index (χ1) is 13.3. The van der Waals surface area contributed by atoms with Gasteiger partial charge in [-0.2, -0.15) is 0 Å². The van der Waals surface area contributed by atoms with Crippen molar-refractivity contribution in [1.82, 2.24) is 4.90 Å². The summed E-state index contributed by atoms with van der Waals surface area (Å²) < 4.78 is 6.39. The maximum absolute atomic E-state index is 12.7. The molecular formula is C19H14Br2ClNO4S. The molecule has 5 nitrogen and oxygen atoms in total. The van der Waals surface area contributed by atoms with Gasteiger partial charge in [-0.05, 0) is 85.9 Å². The number of phenols is 1. The summed E-state index contributed by atoms with van der Waals surface area (Å²) in [7, 11) is 0. The van der Waals surface area contributed by atoms with Crippen LogP contribution in [0.1, 0.15) is 18.1 Å². The SMILES string of the molecule is CCOc1cc(/C=C2/SC(=O)N(Cc3ccc(Cl)cc3)C2=O)c(Br)c(Br)c1O. The van der Waals surface area contributed by atoms with Gasteiger partial charge in [0.1, 0.15) is 0 Å². The van der Waals surface area contributed by atoms with Crippen molar-refractivity contribution in [2.75, 3.05) is 6.61 Å². The van der Waals surface area contributed by atoms with Crippen LogP contribution in [0.5, 0.6) is 11.5 Å². The van der Waals surface area contributed by atoms with E-state index >= 15 is 0 Å². The zero-order valence-electron chi connectivity index (χ0n) is 14.5. The van der Waals surface area contributed by atoms with Crippen molar-refractivity contribution in [2.24, 2.45) is 0 Å². The molecule has 28 heavy (non-hydrogen) atoms. The maximum Gasteiger partial charge on any atom is 0.293 e. The Morgan fingerprint density at radius 3 is 2.54 bits per heavy atom. The number of benzene rings is 2. The number of ether oxygens (including phenoxy) is 1. The summed E-state index contributed by atoms with van der Waals surface area (Å²) in [6.45, 7) is 2.35. The molecule has 0 atom stereocenters. The second-order valence-corrected chi connectivity index (χ2v) is 8.78. The van der Waals surface area contributed by atoms with Crippen LogP contribution in [0.2, 0.25) is 5.02 Å². The van der Waals surface area contributed by atoms with Crippen molar-refractivity contribution >= 4 is 72.4 Å². The molecule has 2 amide bonds. The topological polar surface area (TPSA) is 66.8 Å². The Labute approximate surface area is 187 Å². The number of carbonyl (C=O) groups is 2. The van der Waals surface area contributed by atoms with E-state index in [4.69, 9.17) is 16.3 Å². The summed E-state index contributed by atoms with van der Waals surface area (Å²) in [4.78, 5) is 26.6. The third-order valence-corrected chi connectivity index (χ3v) is 7.21. The zero-order valence-corrected chi connectivity index (χ0v) is 19.3. The van der Waals surface area contributed by atoms with E-state index in [2.05, 4.69) is 31.9 Å². The molecule has 1 fully saturated rings. The first-order valence-corrected chi connectivity index (χ1v) is 10.9. The Balaban J connectivity index is 1.90. The van der Waals surface area contributed by atoms with E-state index in [1.807, 2.05) is 0 Å². The van der Waals surface area contributed by atoms with Gasteiger partial charge in [-0.3, -0.25) is 14.5 Å². The quantitative estimate of drug-likeness (QED) is 0.451. The third-order valence-electron chi connectivity index (χ3n) is 3.89. The van der Waals surface area contributed by atoms with Gasteiger partial charge in [0.05, 0.1) is 22.5 Å². The highest BCUT2D eigenvalue weighted by atomic mass is 79.9. The fraction of sp³-hybridized carbons (Fsp3) is 0.158. The number of rotatable bonds is 5. The number of amides is 2. The van der Waals surface area contributed by atoms with Crippen LogP contribution in [0, 0.1) is 0 Å². The molecule has 0 radical (unpaired) electrons. The van der Waals surface area contributed by atoms with E-state index in [0.717, 1.165) is 17.3 Å². The molecule has 0 unspecified atom stereocenters. The molecule has 0 bridgehead atoms. The second-order valence-electron chi connectivity index (χ2n) is 5.77. The van der Waals surface area contributed by atoms with Crippen molar-refractivity contribution in [3.63, 3.8) is 0 Å². The van der Waals surface area contributed by atoms with Gasteiger partial charge in [0.15, 0.2) is 11.5 Å². The van der Waals surface area contributed by atoms with Crippen molar-refractivity contribution in [3.8, 4) is 11.5 Å². The van der Waals surface area contributed by atoms with Crippen LogP contribution in [-0.4, -0.2) is 27.8 Å². The van der Waals surface area contributed by atoms with E-state index in [-0.39, 0.29) is 29.2 Å². The minimum Gasteiger partial charge on any atom is -0.503 e. The minimum atomic E-state index is -0.376. The summed E-state index contributed by atoms with van der Waals surface area (Å²) >= 11 is 13.4. The molecule has 0 aliphatic carbocycles. The Hall–Kier alpha value is -1.48. The fourth-order valence-corrected chi connectivity index (χ4v) is 4.33. The number of aromatic hydroxyl groups is 1. The van der Waals surface area contributed by atoms with Gasteiger partial charge in [-0.1, -0.05) is 23.7 Å². The van der Waals surface area contributed by atoms with Crippen LogP contribution in [-0.2, 0) is 11.3 Å². The smallest absolute Gasteiger partial charge is 0.293 e. The lowest BCUT2D eigenvalue weighted by Crippen LogP contribution is -2.27. The molecule has 1 N–H and O–H groups in total. The summed E-state index contributed by atoms with van der Waals surface area (Å²) in [5.74, 6) is -0.134. The van der Waals surface area contributed by atoms with Gasteiger partial charge in [-0.25, -0.2) is 0 Å². The molecule has 2 aromatic carbocycles. The lowest BCUT2D eigenvalue weighted by atomic mass is 10.1. The maximum atomic E-state index is 12.7. The number of hydrogen-bond donors (Lipinski definition) is 1. The number of thioether (sulfide) groups is 1. The lowest BCUT2D eigenvalue weighted by Gasteiger charge is -2.13. The van der Waals surface area contributed by atoms with E-state index in [0.29, 0.717) is 31.0 Å². The molecule has 3 rings (SSSR count). The Morgan fingerprint density at radius 1 is 1.21 bits per heavy atom. The number of imide groups is 1. The Kier molecular flexibility index (Phi) is 6.75.